The first-order valence-electron chi connectivity index (χ1n) is 4.89. The summed E-state index contributed by atoms with van der Waals surface area (Å²) in [4.78, 5) is 14.4. The number of carboxylic acids is 1. The number of aromatic nitrogens is 2. The maximum Gasteiger partial charge on any atom is 0.303 e. The lowest BCUT2D eigenvalue weighted by Crippen LogP contribution is -1.97. The van der Waals surface area contributed by atoms with Crippen LogP contribution in [0.5, 0.6) is 0 Å². The molecule has 78 valence electrons. The molecule has 0 bridgehead atoms. The summed E-state index contributed by atoms with van der Waals surface area (Å²) in [7, 11) is 0. The van der Waals surface area contributed by atoms with Gasteiger partial charge in [0.2, 0.25) is 0 Å². The first-order chi connectivity index (χ1) is 7.27. The predicted octanol–water partition coefficient (Wildman–Crippen LogP) is 1.74. The summed E-state index contributed by atoms with van der Waals surface area (Å²) in [6.45, 7) is 0. The second-order valence-corrected chi connectivity index (χ2v) is 3.47. The van der Waals surface area contributed by atoms with Gasteiger partial charge in [-0.25, -0.2) is 4.98 Å². The molecule has 0 aliphatic heterocycles. The minimum atomic E-state index is -0.740. The fourth-order valence-corrected chi connectivity index (χ4v) is 1.65. The van der Waals surface area contributed by atoms with Crippen LogP contribution in [-0.2, 0) is 11.2 Å². The molecule has 0 aromatic carbocycles. The fourth-order valence-electron chi connectivity index (χ4n) is 1.65. The third kappa shape index (κ3) is 2.15. The van der Waals surface area contributed by atoms with Gasteiger partial charge in [0.25, 0.3) is 0 Å². The van der Waals surface area contributed by atoms with Crippen LogP contribution >= 0.6 is 0 Å². The molecule has 2 aromatic heterocycles. The number of aryl methyl sites for hydroxylation is 1. The topological polar surface area (TPSA) is 54.6 Å². The van der Waals surface area contributed by atoms with Crippen molar-refractivity contribution >= 4 is 11.5 Å². The minimum Gasteiger partial charge on any atom is -0.481 e. The van der Waals surface area contributed by atoms with Crippen molar-refractivity contribution in [1.82, 2.24) is 9.38 Å². The molecule has 0 unspecified atom stereocenters. The van der Waals surface area contributed by atoms with Gasteiger partial charge in [0, 0.05) is 12.6 Å². The molecule has 1 N–H and O–H groups in total. The van der Waals surface area contributed by atoms with E-state index in [0.29, 0.717) is 6.42 Å². The summed E-state index contributed by atoms with van der Waals surface area (Å²) in [5.74, 6) is -0.740. The number of hydrogen-bond donors (Lipinski definition) is 1. The van der Waals surface area contributed by atoms with Crippen LogP contribution in [0.25, 0.3) is 5.52 Å². The SMILES string of the molecule is O=C(O)CCCc1cccn2cncc12. The van der Waals surface area contributed by atoms with E-state index in [-0.39, 0.29) is 6.42 Å². The Labute approximate surface area is 87.2 Å². The van der Waals surface area contributed by atoms with Gasteiger partial charge >= 0.3 is 5.97 Å². The molecule has 4 nitrogen and oxygen atoms in total. The van der Waals surface area contributed by atoms with Gasteiger partial charge in [-0.1, -0.05) is 6.07 Å². The van der Waals surface area contributed by atoms with E-state index in [1.807, 2.05) is 22.7 Å². The Bertz CT molecular complexity index is 476. The standard InChI is InChI=1S/C11H12N2O2/c14-11(15)5-1-3-9-4-2-6-13-8-12-7-10(9)13/h2,4,6-8H,1,3,5H2,(H,14,15). The fraction of sp³-hybridized carbons (Fsp3) is 0.273. The van der Waals surface area contributed by atoms with E-state index in [9.17, 15) is 4.79 Å². The molecule has 4 heteroatoms. The van der Waals surface area contributed by atoms with Gasteiger partial charge < -0.3 is 9.51 Å². The van der Waals surface area contributed by atoms with Crippen LogP contribution in [-0.4, -0.2) is 20.5 Å². The molecular weight excluding hydrogens is 192 g/mol. The van der Waals surface area contributed by atoms with Gasteiger partial charge in [0.05, 0.1) is 18.0 Å². The highest BCUT2D eigenvalue weighted by molar-refractivity contribution is 5.66. The number of carbonyl (C=O) groups is 1. The largest absolute Gasteiger partial charge is 0.481 e. The number of nitrogens with zero attached hydrogens (tertiary/aromatic N) is 2. The Hall–Kier alpha value is -1.84. The van der Waals surface area contributed by atoms with Crippen molar-refractivity contribution in [2.45, 2.75) is 19.3 Å². The van der Waals surface area contributed by atoms with Crippen LogP contribution in [0.2, 0.25) is 0 Å². The second-order valence-electron chi connectivity index (χ2n) is 3.47. The molecule has 0 aliphatic rings. The molecule has 0 radical (unpaired) electrons. The summed E-state index contributed by atoms with van der Waals surface area (Å²) < 4.78 is 1.94. The summed E-state index contributed by atoms with van der Waals surface area (Å²) in [6.07, 6.45) is 7.15. The maximum atomic E-state index is 10.4. The van der Waals surface area contributed by atoms with E-state index in [2.05, 4.69) is 4.98 Å². The molecule has 0 aliphatic carbocycles. The molecule has 0 spiro atoms. The van der Waals surface area contributed by atoms with Gasteiger partial charge in [0.15, 0.2) is 0 Å². The number of rotatable bonds is 4. The van der Waals surface area contributed by atoms with Crippen LogP contribution in [0.3, 0.4) is 0 Å². The van der Waals surface area contributed by atoms with Crippen molar-refractivity contribution in [3.05, 3.63) is 36.4 Å². The highest BCUT2D eigenvalue weighted by Crippen LogP contribution is 2.12. The molecule has 0 saturated carbocycles. The van der Waals surface area contributed by atoms with Crippen LogP contribution in [0, 0.1) is 0 Å². The molecule has 2 rings (SSSR count). The zero-order valence-electron chi connectivity index (χ0n) is 8.26. The third-order valence-electron chi connectivity index (χ3n) is 2.38. The average molecular weight is 204 g/mol. The molecular formula is C11H12N2O2. The number of imidazole rings is 1. The summed E-state index contributed by atoms with van der Waals surface area (Å²) >= 11 is 0. The second kappa shape index (κ2) is 4.13. The van der Waals surface area contributed by atoms with Crippen LogP contribution in [0.4, 0.5) is 0 Å². The zero-order chi connectivity index (χ0) is 10.7. The maximum absolute atomic E-state index is 10.4. The van der Waals surface area contributed by atoms with Crippen molar-refractivity contribution in [3.63, 3.8) is 0 Å². The highest BCUT2D eigenvalue weighted by Gasteiger charge is 2.02. The smallest absolute Gasteiger partial charge is 0.303 e. The van der Waals surface area contributed by atoms with Crippen molar-refractivity contribution in [3.8, 4) is 0 Å². The quantitative estimate of drug-likeness (QED) is 0.825. The Balaban J connectivity index is 2.13. The normalized spacial score (nSPS) is 10.7. The van der Waals surface area contributed by atoms with E-state index in [1.165, 1.54) is 0 Å². The Morgan fingerprint density at radius 1 is 1.53 bits per heavy atom. The van der Waals surface area contributed by atoms with Crippen molar-refractivity contribution in [2.75, 3.05) is 0 Å². The van der Waals surface area contributed by atoms with E-state index in [1.54, 1.807) is 12.5 Å². The lowest BCUT2D eigenvalue weighted by Gasteiger charge is -2.02. The molecule has 2 heterocycles. The molecule has 15 heavy (non-hydrogen) atoms. The van der Waals surface area contributed by atoms with Gasteiger partial charge in [-0.3, -0.25) is 4.79 Å². The zero-order valence-corrected chi connectivity index (χ0v) is 8.26. The number of pyridine rings is 1. The first kappa shape index (κ1) is 9.71. The molecule has 0 amide bonds. The molecule has 0 saturated heterocycles. The first-order valence-corrected chi connectivity index (χ1v) is 4.89. The summed E-state index contributed by atoms with van der Waals surface area (Å²) in [6, 6.07) is 3.96. The van der Waals surface area contributed by atoms with Crippen molar-refractivity contribution < 1.29 is 9.90 Å². The van der Waals surface area contributed by atoms with Crippen LogP contribution < -0.4 is 0 Å². The number of fused-ring (bicyclic) bond motifs is 1. The van der Waals surface area contributed by atoms with E-state index < -0.39 is 5.97 Å². The monoisotopic (exact) mass is 204 g/mol. The summed E-state index contributed by atoms with van der Waals surface area (Å²) in [5.41, 5.74) is 2.21. The van der Waals surface area contributed by atoms with Crippen LogP contribution in [0.15, 0.2) is 30.9 Å². The minimum absolute atomic E-state index is 0.217. The Morgan fingerprint density at radius 3 is 3.20 bits per heavy atom. The van der Waals surface area contributed by atoms with E-state index >= 15 is 0 Å². The van der Waals surface area contributed by atoms with Crippen molar-refractivity contribution in [2.24, 2.45) is 0 Å². The number of carboxylic acid groups (broad SMARTS) is 1. The van der Waals surface area contributed by atoms with Crippen molar-refractivity contribution in [1.29, 1.82) is 0 Å². The van der Waals surface area contributed by atoms with Gasteiger partial charge in [-0.15, -0.1) is 0 Å². The van der Waals surface area contributed by atoms with Gasteiger partial charge in [-0.05, 0) is 24.5 Å². The Kier molecular flexibility index (Phi) is 2.67. The van der Waals surface area contributed by atoms with Gasteiger partial charge in [-0.2, -0.15) is 0 Å². The molecule has 0 fully saturated rings. The molecule has 2 aromatic rings. The van der Waals surface area contributed by atoms with E-state index in [0.717, 1.165) is 17.5 Å². The number of hydrogen-bond acceptors (Lipinski definition) is 2. The average Bonchev–Trinajstić information content (AvgIpc) is 2.65. The lowest BCUT2D eigenvalue weighted by atomic mass is 10.1. The Morgan fingerprint density at radius 2 is 2.40 bits per heavy atom. The van der Waals surface area contributed by atoms with Crippen LogP contribution in [0.1, 0.15) is 18.4 Å². The lowest BCUT2D eigenvalue weighted by molar-refractivity contribution is -0.137. The predicted molar refractivity (Wildman–Crippen MR) is 55.8 cm³/mol. The molecule has 0 atom stereocenters. The number of aliphatic carboxylic acids is 1. The summed E-state index contributed by atoms with van der Waals surface area (Å²) in [5, 5.41) is 8.55. The van der Waals surface area contributed by atoms with E-state index in [4.69, 9.17) is 5.11 Å². The highest BCUT2D eigenvalue weighted by atomic mass is 16.4. The third-order valence-corrected chi connectivity index (χ3v) is 2.38. The van der Waals surface area contributed by atoms with Gasteiger partial charge in [0.1, 0.15) is 0 Å².